The predicted octanol–water partition coefficient (Wildman–Crippen LogP) is 5.32. The first-order valence-corrected chi connectivity index (χ1v) is 8.30. The van der Waals surface area contributed by atoms with E-state index in [2.05, 4.69) is 21.3 Å². The minimum atomic E-state index is -0.824. The van der Waals surface area contributed by atoms with E-state index in [9.17, 15) is 4.79 Å². The standard InChI is InChI=1S/C22H18N2O3/c1-2-16-26-22(25)27-21-14-12-20(13-15-21)24-19-10-8-18(9-11-19)23-17-6-4-3-5-7-17/h1,3-15,23-24H,16H2. The molecule has 0 saturated heterocycles. The van der Waals surface area contributed by atoms with E-state index in [1.807, 2.05) is 54.6 Å². The molecule has 3 aromatic carbocycles. The summed E-state index contributed by atoms with van der Waals surface area (Å²) in [5, 5.41) is 6.62. The average molecular weight is 358 g/mol. The normalized spacial score (nSPS) is 9.74. The van der Waals surface area contributed by atoms with Gasteiger partial charge in [0.1, 0.15) is 5.75 Å². The number of carbonyl (C=O) groups is 1. The first-order chi connectivity index (χ1) is 13.2. The zero-order valence-electron chi connectivity index (χ0n) is 14.5. The van der Waals surface area contributed by atoms with E-state index in [1.165, 1.54) is 0 Å². The van der Waals surface area contributed by atoms with Gasteiger partial charge in [-0.25, -0.2) is 4.79 Å². The van der Waals surface area contributed by atoms with Crippen molar-refractivity contribution < 1.29 is 14.3 Å². The quantitative estimate of drug-likeness (QED) is 0.355. The Labute approximate surface area is 157 Å². The zero-order chi connectivity index (χ0) is 18.9. The van der Waals surface area contributed by atoms with E-state index in [4.69, 9.17) is 11.2 Å². The van der Waals surface area contributed by atoms with Crippen molar-refractivity contribution in [1.82, 2.24) is 0 Å². The average Bonchev–Trinajstić information content (AvgIpc) is 2.70. The van der Waals surface area contributed by atoms with Crippen LogP contribution in [0.1, 0.15) is 0 Å². The summed E-state index contributed by atoms with van der Waals surface area (Å²) >= 11 is 0. The molecule has 0 aromatic heterocycles. The number of hydrogen-bond donors (Lipinski definition) is 2. The second kappa shape index (κ2) is 8.97. The van der Waals surface area contributed by atoms with Gasteiger partial charge in [-0.2, -0.15) is 0 Å². The van der Waals surface area contributed by atoms with E-state index in [0.29, 0.717) is 5.75 Å². The molecule has 134 valence electrons. The van der Waals surface area contributed by atoms with Crippen LogP contribution in [0.25, 0.3) is 0 Å². The molecule has 0 atom stereocenters. The third-order valence-corrected chi connectivity index (χ3v) is 3.56. The highest BCUT2D eigenvalue weighted by Gasteiger charge is 2.05. The summed E-state index contributed by atoms with van der Waals surface area (Å²) in [4.78, 5) is 11.3. The Balaban J connectivity index is 1.55. The summed E-state index contributed by atoms with van der Waals surface area (Å²) < 4.78 is 9.66. The van der Waals surface area contributed by atoms with E-state index in [-0.39, 0.29) is 6.61 Å². The SMILES string of the molecule is C#CCOC(=O)Oc1ccc(Nc2ccc(Nc3ccccc3)cc2)cc1. The molecule has 5 heteroatoms. The zero-order valence-corrected chi connectivity index (χ0v) is 14.5. The van der Waals surface area contributed by atoms with Crippen LogP contribution in [0, 0.1) is 12.3 Å². The number of ether oxygens (including phenoxy) is 2. The highest BCUT2D eigenvalue weighted by Crippen LogP contribution is 2.23. The van der Waals surface area contributed by atoms with Gasteiger partial charge in [-0.15, -0.1) is 6.42 Å². The molecule has 27 heavy (non-hydrogen) atoms. The number of carbonyl (C=O) groups excluding carboxylic acids is 1. The molecule has 0 heterocycles. The third-order valence-electron chi connectivity index (χ3n) is 3.56. The summed E-state index contributed by atoms with van der Waals surface area (Å²) in [6.45, 7) is -0.117. The Bertz CT molecular complexity index is 915. The Kier molecular flexibility index (Phi) is 5.95. The second-order valence-electron chi connectivity index (χ2n) is 5.56. The van der Waals surface area contributed by atoms with Gasteiger partial charge in [-0.05, 0) is 60.7 Å². The van der Waals surface area contributed by atoms with Crippen LogP contribution in [0.2, 0.25) is 0 Å². The largest absolute Gasteiger partial charge is 0.514 e. The Morgan fingerprint density at radius 1 is 0.778 bits per heavy atom. The highest BCUT2D eigenvalue weighted by atomic mass is 16.7. The fraction of sp³-hybridized carbons (Fsp3) is 0.0455. The smallest absolute Gasteiger partial charge is 0.421 e. The summed E-state index contributed by atoms with van der Waals surface area (Å²) in [6.07, 6.45) is 4.19. The van der Waals surface area contributed by atoms with Crippen molar-refractivity contribution in [1.29, 1.82) is 0 Å². The summed E-state index contributed by atoms with van der Waals surface area (Å²) in [7, 11) is 0. The molecule has 0 aliphatic carbocycles. The molecular weight excluding hydrogens is 340 g/mol. The molecule has 0 aliphatic heterocycles. The van der Waals surface area contributed by atoms with Crippen molar-refractivity contribution in [2.24, 2.45) is 0 Å². The number of benzene rings is 3. The predicted molar refractivity (Wildman–Crippen MR) is 107 cm³/mol. The molecule has 0 bridgehead atoms. The first-order valence-electron chi connectivity index (χ1n) is 8.30. The van der Waals surface area contributed by atoms with Gasteiger partial charge in [0.15, 0.2) is 6.61 Å². The fourth-order valence-corrected chi connectivity index (χ4v) is 2.32. The molecule has 2 N–H and O–H groups in total. The van der Waals surface area contributed by atoms with Crippen molar-refractivity contribution in [2.45, 2.75) is 0 Å². The number of anilines is 4. The van der Waals surface area contributed by atoms with Gasteiger partial charge in [0, 0.05) is 22.7 Å². The fourth-order valence-electron chi connectivity index (χ4n) is 2.32. The lowest BCUT2D eigenvalue weighted by atomic mass is 10.2. The van der Waals surface area contributed by atoms with Gasteiger partial charge in [0.25, 0.3) is 0 Å². The second-order valence-corrected chi connectivity index (χ2v) is 5.56. The minimum Gasteiger partial charge on any atom is -0.421 e. The highest BCUT2D eigenvalue weighted by molar-refractivity contribution is 5.67. The molecular formula is C22H18N2O3. The Hall–Kier alpha value is -3.91. The molecule has 0 spiro atoms. The summed E-state index contributed by atoms with van der Waals surface area (Å²) in [6, 6.07) is 24.9. The van der Waals surface area contributed by atoms with Gasteiger partial charge in [0.05, 0.1) is 0 Å². The Morgan fingerprint density at radius 2 is 1.26 bits per heavy atom. The van der Waals surface area contributed by atoms with E-state index in [1.54, 1.807) is 24.3 Å². The first kappa shape index (κ1) is 17.9. The monoisotopic (exact) mass is 358 g/mol. The van der Waals surface area contributed by atoms with Crippen LogP contribution in [0.5, 0.6) is 5.75 Å². The van der Waals surface area contributed by atoms with Crippen molar-refractivity contribution in [2.75, 3.05) is 17.2 Å². The van der Waals surface area contributed by atoms with E-state index >= 15 is 0 Å². The maximum Gasteiger partial charge on any atom is 0.514 e. The van der Waals surface area contributed by atoms with Gasteiger partial charge in [0.2, 0.25) is 0 Å². The van der Waals surface area contributed by atoms with Crippen molar-refractivity contribution in [3.63, 3.8) is 0 Å². The lowest BCUT2D eigenvalue weighted by molar-refractivity contribution is 0.111. The van der Waals surface area contributed by atoms with Crippen LogP contribution >= 0.6 is 0 Å². The van der Waals surface area contributed by atoms with Crippen LogP contribution in [-0.4, -0.2) is 12.8 Å². The summed E-state index contributed by atoms with van der Waals surface area (Å²) in [5.74, 6) is 2.58. The van der Waals surface area contributed by atoms with Gasteiger partial charge in [-0.1, -0.05) is 24.1 Å². The molecule has 5 nitrogen and oxygen atoms in total. The number of hydrogen-bond acceptors (Lipinski definition) is 5. The number of rotatable bonds is 6. The molecule has 3 aromatic rings. The van der Waals surface area contributed by atoms with Gasteiger partial charge >= 0.3 is 6.16 Å². The molecule has 0 saturated carbocycles. The van der Waals surface area contributed by atoms with Crippen LogP contribution in [0.4, 0.5) is 27.5 Å². The van der Waals surface area contributed by atoms with E-state index < -0.39 is 6.16 Å². The molecule has 3 rings (SSSR count). The van der Waals surface area contributed by atoms with Crippen LogP contribution in [0.15, 0.2) is 78.9 Å². The molecule has 0 radical (unpaired) electrons. The number of para-hydroxylation sites is 1. The topological polar surface area (TPSA) is 59.6 Å². The molecule has 0 aliphatic rings. The lowest BCUT2D eigenvalue weighted by Crippen LogP contribution is -2.10. The van der Waals surface area contributed by atoms with Crippen LogP contribution in [-0.2, 0) is 4.74 Å². The van der Waals surface area contributed by atoms with Gasteiger partial charge < -0.3 is 20.1 Å². The number of nitrogens with one attached hydrogen (secondary N) is 2. The third kappa shape index (κ3) is 5.55. The lowest BCUT2D eigenvalue weighted by Gasteiger charge is -2.10. The van der Waals surface area contributed by atoms with E-state index in [0.717, 1.165) is 22.7 Å². The molecule has 0 amide bonds. The van der Waals surface area contributed by atoms with Crippen LogP contribution < -0.4 is 15.4 Å². The molecule has 0 fully saturated rings. The van der Waals surface area contributed by atoms with Crippen molar-refractivity contribution in [3.8, 4) is 18.1 Å². The maximum atomic E-state index is 11.3. The number of terminal acetylenes is 1. The van der Waals surface area contributed by atoms with Crippen LogP contribution in [0.3, 0.4) is 0 Å². The Morgan fingerprint density at radius 3 is 1.78 bits per heavy atom. The maximum absolute atomic E-state index is 11.3. The minimum absolute atomic E-state index is 0.117. The molecule has 0 unspecified atom stereocenters. The summed E-state index contributed by atoms with van der Waals surface area (Å²) in [5.41, 5.74) is 3.84. The van der Waals surface area contributed by atoms with Crippen molar-refractivity contribution >= 4 is 28.9 Å². The van der Waals surface area contributed by atoms with Crippen molar-refractivity contribution in [3.05, 3.63) is 78.9 Å². The van der Waals surface area contributed by atoms with Gasteiger partial charge in [-0.3, -0.25) is 0 Å².